The van der Waals surface area contributed by atoms with Crippen LogP contribution < -0.4 is 5.73 Å². The molecule has 0 amide bonds. The number of hydrogen-bond donors (Lipinski definition) is 3. The third-order valence-corrected chi connectivity index (χ3v) is 3.24. The average molecular weight is 244 g/mol. The molecule has 1 atom stereocenters. The molecule has 0 saturated carbocycles. The van der Waals surface area contributed by atoms with Crippen molar-refractivity contribution in [1.82, 2.24) is 9.97 Å². The van der Waals surface area contributed by atoms with Crippen LogP contribution in [-0.2, 0) is 0 Å². The fourth-order valence-electron chi connectivity index (χ4n) is 1.20. The van der Waals surface area contributed by atoms with Gasteiger partial charge in [-0.1, -0.05) is 11.6 Å². The highest BCUT2D eigenvalue weighted by molar-refractivity contribution is 7.19. The molecule has 0 radical (unpaired) electrons. The van der Waals surface area contributed by atoms with Gasteiger partial charge in [0.25, 0.3) is 0 Å². The van der Waals surface area contributed by atoms with Gasteiger partial charge in [0.05, 0.1) is 21.1 Å². The topological polar surface area (TPSA) is 74.9 Å². The minimum Gasteiger partial charge on any atom is -0.384 e. The molecule has 0 fully saturated rings. The lowest BCUT2D eigenvalue weighted by molar-refractivity contribution is 0.177. The lowest BCUT2D eigenvalue weighted by Crippen LogP contribution is -2.12. The first-order chi connectivity index (χ1) is 7.20. The molecule has 80 valence electrons. The van der Waals surface area contributed by atoms with Crippen LogP contribution in [0.25, 0.3) is 10.6 Å². The van der Waals surface area contributed by atoms with Gasteiger partial charge < -0.3 is 15.8 Å². The summed E-state index contributed by atoms with van der Waals surface area (Å²) in [7, 11) is 0. The lowest BCUT2D eigenvalue weighted by Gasteiger charge is -2.01. The van der Waals surface area contributed by atoms with Gasteiger partial charge in [-0.25, -0.2) is 4.98 Å². The number of imidazole rings is 1. The van der Waals surface area contributed by atoms with E-state index < -0.39 is 6.10 Å². The van der Waals surface area contributed by atoms with E-state index in [9.17, 15) is 5.11 Å². The SMILES string of the molecule is NCC(O)c1ncc(-c2ccc(Cl)s2)[nH]1. The van der Waals surface area contributed by atoms with Crippen molar-refractivity contribution in [2.75, 3.05) is 6.54 Å². The number of aromatic amines is 1. The number of nitrogens with one attached hydrogen (secondary N) is 1. The van der Waals surface area contributed by atoms with E-state index in [4.69, 9.17) is 17.3 Å². The molecule has 6 heteroatoms. The van der Waals surface area contributed by atoms with Crippen LogP contribution >= 0.6 is 22.9 Å². The van der Waals surface area contributed by atoms with Crippen LogP contribution in [0.1, 0.15) is 11.9 Å². The van der Waals surface area contributed by atoms with Gasteiger partial charge in [0.15, 0.2) is 0 Å². The third-order valence-electron chi connectivity index (χ3n) is 1.97. The first-order valence-electron chi connectivity index (χ1n) is 4.39. The van der Waals surface area contributed by atoms with Crippen molar-refractivity contribution in [3.8, 4) is 10.6 Å². The van der Waals surface area contributed by atoms with Gasteiger partial charge in [0.1, 0.15) is 11.9 Å². The van der Waals surface area contributed by atoms with E-state index >= 15 is 0 Å². The number of H-pyrrole nitrogens is 1. The maximum Gasteiger partial charge on any atom is 0.136 e. The maximum atomic E-state index is 9.45. The van der Waals surface area contributed by atoms with Crippen LogP contribution in [0.4, 0.5) is 0 Å². The summed E-state index contributed by atoms with van der Waals surface area (Å²) in [6, 6.07) is 3.72. The van der Waals surface area contributed by atoms with Crippen molar-refractivity contribution in [2.24, 2.45) is 5.73 Å². The fourth-order valence-corrected chi connectivity index (χ4v) is 2.21. The fraction of sp³-hybridized carbons (Fsp3) is 0.222. The van der Waals surface area contributed by atoms with Crippen LogP contribution in [0.5, 0.6) is 0 Å². The van der Waals surface area contributed by atoms with Crippen molar-refractivity contribution in [3.05, 3.63) is 28.5 Å². The van der Waals surface area contributed by atoms with E-state index in [-0.39, 0.29) is 6.54 Å². The van der Waals surface area contributed by atoms with E-state index in [0.717, 1.165) is 14.9 Å². The van der Waals surface area contributed by atoms with Gasteiger partial charge in [-0.05, 0) is 12.1 Å². The first-order valence-corrected chi connectivity index (χ1v) is 5.59. The van der Waals surface area contributed by atoms with E-state index in [1.165, 1.54) is 11.3 Å². The first kappa shape index (κ1) is 10.6. The molecule has 4 N–H and O–H groups in total. The summed E-state index contributed by atoms with van der Waals surface area (Å²) in [5.41, 5.74) is 6.17. The predicted octanol–water partition coefficient (Wildman–Crippen LogP) is 1.78. The second-order valence-electron chi connectivity index (χ2n) is 3.04. The van der Waals surface area contributed by atoms with Crippen molar-refractivity contribution in [3.63, 3.8) is 0 Å². The lowest BCUT2D eigenvalue weighted by atomic mass is 10.3. The second kappa shape index (κ2) is 4.32. The monoisotopic (exact) mass is 243 g/mol. The Balaban J connectivity index is 2.27. The summed E-state index contributed by atoms with van der Waals surface area (Å²) < 4.78 is 0.723. The van der Waals surface area contributed by atoms with E-state index in [0.29, 0.717) is 5.82 Å². The van der Waals surface area contributed by atoms with Gasteiger partial charge >= 0.3 is 0 Å². The molecule has 0 aromatic carbocycles. The van der Waals surface area contributed by atoms with Crippen molar-refractivity contribution >= 4 is 22.9 Å². The average Bonchev–Trinajstić information content (AvgIpc) is 2.84. The zero-order valence-corrected chi connectivity index (χ0v) is 9.35. The number of halogens is 1. The van der Waals surface area contributed by atoms with Crippen molar-refractivity contribution in [2.45, 2.75) is 6.10 Å². The van der Waals surface area contributed by atoms with E-state index in [1.807, 2.05) is 12.1 Å². The summed E-state index contributed by atoms with van der Waals surface area (Å²) in [6.45, 7) is 0.151. The van der Waals surface area contributed by atoms with Crippen molar-refractivity contribution in [1.29, 1.82) is 0 Å². The molecule has 4 nitrogen and oxygen atoms in total. The molecular formula is C9H10ClN3OS. The zero-order valence-electron chi connectivity index (χ0n) is 7.77. The van der Waals surface area contributed by atoms with Crippen LogP contribution in [0.2, 0.25) is 4.34 Å². The number of aliphatic hydroxyl groups is 1. The quantitative estimate of drug-likeness (QED) is 0.769. The molecule has 2 heterocycles. The summed E-state index contributed by atoms with van der Waals surface area (Å²) in [4.78, 5) is 8.04. The summed E-state index contributed by atoms with van der Waals surface area (Å²) in [5, 5.41) is 9.45. The molecule has 0 bridgehead atoms. The Hall–Kier alpha value is -0.880. The predicted molar refractivity (Wildman–Crippen MR) is 60.9 cm³/mol. The van der Waals surface area contributed by atoms with Crippen LogP contribution in [-0.4, -0.2) is 21.6 Å². The summed E-state index contributed by atoms with van der Waals surface area (Å²) in [6.07, 6.45) is 0.922. The molecule has 15 heavy (non-hydrogen) atoms. The number of aliphatic hydroxyl groups excluding tert-OH is 1. The Labute approximate surface area is 95.7 Å². The largest absolute Gasteiger partial charge is 0.384 e. The van der Waals surface area contributed by atoms with Gasteiger partial charge in [-0.2, -0.15) is 0 Å². The molecular weight excluding hydrogens is 234 g/mol. The minimum atomic E-state index is -0.741. The number of nitrogens with zero attached hydrogens (tertiary/aromatic N) is 1. The van der Waals surface area contributed by atoms with Gasteiger partial charge in [-0.15, -0.1) is 11.3 Å². The Bertz CT molecular complexity index is 454. The molecule has 2 rings (SSSR count). The number of rotatable bonds is 3. The highest BCUT2D eigenvalue weighted by Crippen LogP contribution is 2.30. The molecule has 2 aromatic heterocycles. The normalized spacial score (nSPS) is 13.0. The van der Waals surface area contributed by atoms with Crippen LogP contribution in [0.15, 0.2) is 18.3 Å². The van der Waals surface area contributed by atoms with Crippen molar-refractivity contribution < 1.29 is 5.11 Å². The molecule has 2 aromatic rings. The van der Waals surface area contributed by atoms with E-state index in [1.54, 1.807) is 6.20 Å². The van der Waals surface area contributed by atoms with Gasteiger partial charge in [-0.3, -0.25) is 0 Å². The summed E-state index contributed by atoms with van der Waals surface area (Å²) >= 11 is 7.28. The molecule has 0 aliphatic carbocycles. The third kappa shape index (κ3) is 2.21. The van der Waals surface area contributed by atoms with Gasteiger partial charge in [0.2, 0.25) is 0 Å². The molecule has 1 unspecified atom stereocenters. The number of nitrogens with two attached hydrogens (primary N) is 1. The molecule has 0 aliphatic heterocycles. The van der Waals surface area contributed by atoms with Gasteiger partial charge in [0, 0.05) is 6.54 Å². The minimum absolute atomic E-state index is 0.151. The number of thiophene rings is 1. The highest BCUT2D eigenvalue weighted by Gasteiger charge is 2.11. The highest BCUT2D eigenvalue weighted by atomic mass is 35.5. The second-order valence-corrected chi connectivity index (χ2v) is 4.75. The Kier molecular flexibility index (Phi) is 3.06. The standard InChI is InChI=1S/C9H10ClN3OS/c10-8-2-1-7(15-8)5-4-12-9(13-5)6(14)3-11/h1-2,4,6,14H,3,11H2,(H,12,13). The number of aromatic nitrogens is 2. The smallest absolute Gasteiger partial charge is 0.136 e. The molecule has 0 saturated heterocycles. The molecule has 0 aliphatic rings. The molecule has 0 spiro atoms. The Morgan fingerprint density at radius 1 is 1.60 bits per heavy atom. The Morgan fingerprint density at radius 3 is 3.00 bits per heavy atom. The van der Waals surface area contributed by atoms with Crippen LogP contribution in [0, 0.1) is 0 Å². The Morgan fingerprint density at radius 2 is 2.40 bits per heavy atom. The van der Waals surface area contributed by atoms with E-state index in [2.05, 4.69) is 9.97 Å². The zero-order chi connectivity index (χ0) is 10.8. The number of hydrogen-bond acceptors (Lipinski definition) is 4. The maximum absolute atomic E-state index is 9.45. The van der Waals surface area contributed by atoms with Crippen LogP contribution in [0.3, 0.4) is 0 Å². The summed E-state index contributed by atoms with van der Waals surface area (Å²) in [5.74, 6) is 0.483.